The minimum atomic E-state index is -4.48. The molecule has 2 aliphatic heterocycles. The van der Waals surface area contributed by atoms with Crippen LogP contribution in [0.15, 0.2) is 180 Å². The van der Waals surface area contributed by atoms with Crippen LogP contribution in [0.1, 0.15) is 105 Å². The summed E-state index contributed by atoms with van der Waals surface area (Å²) in [4.78, 5) is 38.6. The van der Waals surface area contributed by atoms with Crippen molar-refractivity contribution in [1.82, 2.24) is 39.9 Å². The van der Waals surface area contributed by atoms with Crippen LogP contribution >= 0.6 is 0 Å². The van der Waals surface area contributed by atoms with E-state index >= 15 is 0 Å². The van der Waals surface area contributed by atoms with E-state index in [9.17, 15) is 25.9 Å². The summed E-state index contributed by atoms with van der Waals surface area (Å²) in [5.41, 5.74) is 10.3. The van der Waals surface area contributed by atoms with Crippen LogP contribution < -0.4 is 104 Å². The maximum absolute atomic E-state index is 10.9. The quantitative estimate of drug-likeness (QED) is 0.129. The van der Waals surface area contributed by atoms with Crippen LogP contribution in [-0.4, -0.2) is 110 Å². The van der Waals surface area contributed by atoms with Crippen LogP contribution in [0.3, 0.4) is 0 Å². The first-order chi connectivity index (χ1) is 48.7. The van der Waals surface area contributed by atoms with Crippen molar-refractivity contribution >= 4 is 85.6 Å². The average Bonchev–Trinajstić information content (AvgIpc) is 1.61. The van der Waals surface area contributed by atoms with Gasteiger partial charge in [0.15, 0.2) is 0 Å². The number of nitrogens with zero attached hydrogens (tertiary/aromatic N) is 8. The normalized spacial score (nSPS) is 11.0. The third kappa shape index (κ3) is 26.8. The van der Waals surface area contributed by atoms with Gasteiger partial charge in [0, 0.05) is 56.3 Å². The van der Waals surface area contributed by atoms with Crippen molar-refractivity contribution in [1.29, 1.82) is 0 Å². The van der Waals surface area contributed by atoms with Gasteiger partial charge in [-0.2, -0.15) is 24.3 Å². The maximum atomic E-state index is 10.9. The van der Waals surface area contributed by atoms with Gasteiger partial charge >= 0.3 is 114 Å². The summed E-state index contributed by atoms with van der Waals surface area (Å²) in [6.07, 6.45) is 0. The van der Waals surface area contributed by atoms with Crippen molar-refractivity contribution in [3.8, 4) is 68.5 Å². The second kappa shape index (κ2) is 41.5. The number of hydrogen-bond acceptors (Lipinski definition) is 22. The molecule has 24 nitrogen and oxygen atoms in total. The fourth-order valence-corrected chi connectivity index (χ4v) is 11.4. The van der Waals surface area contributed by atoms with Gasteiger partial charge in [-0.05, 0) is 78.6 Å². The van der Waals surface area contributed by atoms with Crippen LogP contribution in [0, 0.1) is 12.1 Å². The Morgan fingerprint density at radius 3 is 0.789 bits per heavy atom. The van der Waals surface area contributed by atoms with Crippen LogP contribution in [0.5, 0.6) is 23.0 Å². The van der Waals surface area contributed by atoms with Crippen LogP contribution in [0.25, 0.3) is 89.7 Å². The molecule has 33 heteroatoms. The minimum Gasteiger partial charge on any atom is -0.744 e. The molecule has 5 heterocycles. The number of aromatic nitrogens is 8. The van der Waals surface area contributed by atoms with Crippen molar-refractivity contribution in [2.24, 2.45) is 0 Å². The first kappa shape index (κ1) is 97.4. The number of rotatable bonds is 6. The van der Waals surface area contributed by atoms with Crippen LogP contribution in [0.4, 0.5) is 0 Å². The van der Waals surface area contributed by atoms with E-state index in [1.165, 1.54) is 37.5 Å². The van der Waals surface area contributed by atoms with Crippen molar-refractivity contribution in [2.75, 3.05) is 28.4 Å². The molecule has 2 aliphatic rings. The van der Waals surface area contributed by atoms with E-state index in [1.807, 2.05) is 163 Å². The zero-order valence-electron chi connectivity index (χ0n) is 64.2. The molecule has 0 N–H and O–H groups in total. The van der Waals surface area contributed by atoms with Gasteiger partial charge in [0.2, 0.25) is 0 Å². The van der Waals surface area contributed by atoms with Crippen molar-refractivity contribution in [3.05, 3.63) is 204 Å². The van der Waals surface area contributed by atoms with Gasteiger partial charge < -0.3 is 58.0 Å². The monoisotopic (exact) mass is 1580 g/mol. The molecule has 13 rings (SSSR count). The number of fused-ring (bicyclic) bond motifs is 20. The fourth-order valence-electron chi connectivity index (χ4n) is 10.2. The molecule has 109 heavy (non-hydrogen) atoms. The number of methoxy groups -OCH3 is 4. The van der Waals surface area contributed by atoms with Gasteiger partial charge in [0.25, 0.3) is 0 Å². The van der Waals surface area contributed by atoms with E-state index in [0.717, 1.165) is 66.4 Å². The maximum Gasteiger partial charge on any atom is 2.00 e. The summed E-state index contributed by atoms with van der Waals surface area (Å²) in [6.45, 7) is 25.1. The Kier molecular flexibility index (Phi) is 37.1. The Hall–Kier alpha value is -7.71. The van der Waals surface area contributed by atoms with E-state index < -0.39 is 41.5 Å². The molecule has 555 valence electrons. The predicted octanol–water partition coefficient (Wildman–Crippen LogP) is 1.51. The smallest absolute Gasteiger partial charge is 0.744 e. The van der Waals surface area contributed by atoms with Gasteiger partial charge in [-0.1, -0.05) is 192 Å². The van der Waals surface area contributed by atoms with Crippen LogP contribution in [0.2, 0.25) is 0 Å². The van der Waals surface area contributed by atoms with E-state index in [0.29, 0.717) is 45.9 Å². The molecule has 0 amide bonds. The summed E-state index contributed by atoms with van der Waals surface area (Å²) in [7, 11) is -9.17. The third-order valence-electron chi connectivity index (χ3n) is 15.6. The molecule has 0 fully saturated rings. The van der Waals surface area contributed by atoms with Gasteiger partial charge in [-0.3, -0.25) is 0 Å². The molecule has 0 unspecified atom stereocenters. The Labute approximate surface area is 697 Å². The van der Waals surface area contributed by atoms with E-state index in [-0.39, 0.29) is 135 Å². The summed E-state index contributed by atoms with van der Waals surface area (Å²) in [6, 6.07) is 58.9. The van der Waals surface area contributed by atoms with Gasteiger partial charge in [0.05, 0.1) is 61.5 Å². The Bertz CT molecular complexity index is 5130. The minimum absolute atomic E-state index is 0. The largest absolute Gasteiger partial charge is 2.00 e. The predicted molar refractivity (Wildman–Crippen MR) is 394 cm³/mol. The molecule has 0 aliphatic carbocycles. The molecule has 8 aromatic carbocycles. The van der Waals surface area contributed by atoms with Crippen molar-refractivity contribution in [3.63, 3.8) is 0 Å². The summed E-state index contributed by atoms with van der Waals surface area (Å²) >= 11 is 0. The Morgan fingerprint density at radius 1 is 0.349 bits per heavy atom. The molecule has 0 saturated carbocycles. The molecular weight excluding hydrogens is 1500 g/mol. The standard InChI is InChI=1S/C32H16N8.2C11H16O4S.2C11H15O.Cu.4Li.2O3S/c1-2-10-18-17(9-1)25-33-26(18)38-28-21-13-5-6-14-22(21)30(35-28)40-32-24-16-8-7-15-23(24)31(36-32)39-29-20-12-4-3-11-19(20)27(34-29)37-25;2*1-11(2,3)8-5-6-10(16(12,13)14)9(7-8)15-4;2*1-11(2,3)9-6-5-7-10(8-9)12-4;;;;;;2*1-4(2)3/h1-16H;2*5-7H,1-4H3,(H,12,13,14);2*5-6,8H,1-4H3;;;;;;;/q-2;;;2*-1;+2;4*+1;;/p-2. The van der Waals surface area contributed by atoms with E-state index in [2.05, 4.69) is 65.8 Å². The molecule has 3 aromatic heterocycles. The van der Waals surface area contributed by atoms with E-state index in [4.69, 9.17) is 84.1 Å². The molecule has 11 aromatic rings. The average molecular weight is 1580 g/mol. The zero-order valence-corrected chi connectivity index (χ0v) is 68.4. The van der Waals surface area contributed by atoms with E-state index in [1.54, 1.807) is 38.5 Å². The molecule has 8 bridgehead atoms. The Morgan fingerprint density at radius 2 is 0.578 bits per heavy atom. The second-order valence-electron chi connectivity index (χ2n) is 27.0. The molecule has 1 radical (unpaired) electrons. The summed E-state index contributed by atoms with van der Waals surface area (Å²) in [5.74, 6) is 4.02. The Balaban J connectivity index is 0.000000493. The van der Waals surface area contributed by atoms with Gasteiger partial charge in [0.1, 0.15) is 31.7 Å². The summed E-state index contributed by atoms with van der Waals surface area (Å²) < 4.78 is 136. The number of ether oxygens (including phenoxy) is 4. The van der Waals surface area contributed by atoms with Crippen molar-refractivity contribution in [2.45, 2.75) is 115 Å². The number of benzene rings is 8. The van der Waals surface area contributed by atoms with Crippen molar-refractivity contribution < 1.29 is 163 Å². The zero-order chi connectivity index (χ0) is 76.9. The third-order valence-corrected chi connectivity index (χ3v) is 17.4. The first-order valence-electron chi connectivity index (χ1n) is 31.7. The topological polar surface area (TPSA) is 359 Å². The molecule has 0 spiro atoms. The van der Waals surface area contributed by atoms with Gasteiger partial charge in [-0.15, -0.1) is 60.6 Å². The fraction of sp³-hybridized carbons (Fsp3) is 0.263. The second-order valence-corrected chi connectivity index (χ2v) is 30.5. The summed E-state index contributed by atoms with van der Waals surface area (Å²) in [5, 5.41) is 3.57. The van der Waals surface area contributed by atoms with Gasteiger partial charge in [-0.25, -0.2) is 26.8 Å². The first-order valence-corrected chi connectivity index (χ1v) is 36.5. The molecule has 0 saturated heterocycles. The van der Waals surface area contributed by atoms with Crippen LogP contribution in [-0.2, 0) is 80.2 Å². The molecule has 0 atom stereocenters. The molecular formula is C76H76CuLi4N8O16S4. The SMILES string of the molecule is COc1[c-]ccc(C(C)(C)C)c1.COc1[c-]ccc(C(C)(C)C)c1.COc1cc(C(C)(C)C)ccc1S(=O)(=O)[O-].COc1cc(C(C)(C)C)ccc1S(=O)(=O)[O-].O=S(=O)=O.O=S(=O)=O.[Cu+2].[Li+].[Li+].[Li+].[Li+].c1ccc2c(c1)-c1nc-2nc2[n-]c(nc3nc(nc4[n-]c(n1)c1ccccc41)-c1ccccc1-3)c1ccccc21. The number of hydrogen-bond donors (Lipinski definition) is 0.